The fraction of sp³-hybridized carbons (Fsp3) is 0.400. The third kappa shape index (κ3) is 4.45. The summed E-state index contributed by atoms with van der Waals surface area (Å²) in [6.45, 7) is 4.51. The van der Waals surface area contributed by atoms with Gasteiger partial charge in [-0.25, -0.2) is 4.79 Å². The first kappa shape index (κ1) is 19.5. The van der Waals surface area contributed by atoms with Crippen LogP contribution < -0.4 is 10.6 Å². The number of nitrogens with zero attached hydrogens (tertiary/aromatic N) is 3. The molecule has 0 saturated heterocycles. The lowest BCUT2D eigenvalue weighted by molar-refractivity contribution is -0.117. The van der Waals surface area contributed by atoms with E-state index in [1.165, 1.54) is 11.8 Å². The summed E-state index contributed by atoms with van der Waals surface area (Å²) in [5.74, 6) is 0.886. The van der Waals surface area contributed by atoms with Crippen LogP contribution in [0.1, 0.15) is 32.7 Å². The number of nitrogens with one attached hydrogen (secondary N) is 3. The quantitative estimate of drug-likeness (QED) is 0.516. The molecule has 3 amide bonds. The minimum absolute atomic E-state index is 0.105. The second-order valence-electron chi connectivity index (χ2n) is 7.60. The summed E-state index contributed by atoms with van der Waals surface area (Å²) in [4.78, 5) is 27.2. The topological polar surface area (TPSA) is 105 Å². The highest BCUT2D eigenvalue weighted by atomic mass is 32.2. The van der Waals surface area contributed by atoms with Gasteiger partial charge in [-0.2, -0.15) is 0 Å². The standard InChI is InChI=1S/C20H24N6O2S/c1-12(2)9-22-19(28)23-17(27)11-29-20-25-24-18(26(20)13-7-8-13)15-10-21-16-6-4-3-5-14(15)16/h3-6,10,12-13,21H,7-9,11H2,1-2H3,(H2,22,23,27,28). The van der Waals surface area contributed by atoms with Crippen LogP contribution in [0.25, 0.3) is 22.3 Å². The van der Waals surface area contributed by atoms with Gasteiger partial charge in [0, 0.05) is 35.2 Å². The largest absolute Gasteiger partial charge is 0.360 e. The Morgan fingerprint density at radius 1 is 1.28 bits per heavy atom. The Kier molecular flexibility index (Phi) is 5.57. The number of carbonyl (C=O) groups excluding carboxylic acids is 2. The molecule has 0 radical (unpaired) electrons. The van der Waals surface area contributed by atoms with E-state index < -0.39 is 6.03 Å². The molecule has 1 aromatic carbocycles. The Labute approximate surface area is 172 Å². The van der Waals surface area contributed by atoms with E-state index in [4.69, 9.17) is 0 Å². The van der Waals surface area contributed by atoms with Gasteiger partial charge in [0.1, 0.15) is 0 Å². The van der Waals surface area contributed by atoms with Gasteiger partial charge in [0.15, 0.2) is 11.0 Å². The van der Waals surface area contributed by atoms with Crippen LogP contribution in [0.2, 0.25) is 0 Å². The molecular formula is C20H24N6O2S. The van der Waals surface area contributed by atoms with E-state index in [-0.39, 0.29) is 11.7 Å². The summed E-state index contributed by atoms with van der Waals surface area (Å²) >= 11 is 1.30. The number of thioether (sulfide) groups is 1. The van der Waals surface area contributed by atoms with E-state index in [0.717, 1.165) is 35.1 Å². The average Bonchev–Trinajstić information content (AvgIpc) is 3.31. The van der Waals surface area contributed by atoms with Crippen molar-refractivity contribution in [2.45, 2.75) is 37.9 Å². The number of fused-ring (bicyclic) bond motifs is 1. The molecule has 0 unspecified atom stereocenters. The van der Waals surface area contributed by atoms with Crippen molar-refractivity contribution < 1.29 is 9.59 Å². The number of H-pyrrole nitrogens is 1. The predicted molar refractivity (Wildman–Crippen MR) is 113 cm³/mol. The average molecular weight is 413 g/mol. The monoisotopic (exact) mass is 412 g/mol. The number of hydrogen-bond acceptors (Lipinski definition) is 5. The van der Waals surface area contributed by atoms with Gasteiger partial charge >= 0.3 is 6.03 Å². The predicted octanol–water partition coefficient (Wildman–Crippen LogP) is 3.34. The first-order valence-electron chi connectivity index (χ1n) is 9.74. The zero-order valence-corrected chi connectivity index (χ0v) is 17.3. The molecule has 4 rings (SSSR count). The molecule has 9 heteroatoms. The molecule has 0 atom stereocenters. The van der Waals surface area contributed by atoms with E-state index in [1.54, 1.807) is 0 Å². The van der Waals surface area contributed by atoms with E-state index in [0.29, 0.717) is 23.7 Å². The molecule has 29 heavy (non-hydrogen) atoms. The van der Waals surface area contributed by atoms with Crippen LogP contribution in [0, 0.1) is 5.92 Å². The summed E-state index contributed by atoms with van der Waals surface area (Å²) in [6, 6.07) is 7.97. The van der Waals surface area contributed by atoms with Gasteiger partial charge in [-0.3, -0.25) is 14.7 Å². The highest BCUT2D eigenvalue weighted by Gasteiger charge is 2.31. The van der Waals surface area contributed by atoms with Gasteiger partial charge in [-0.05, 0) is 24.8 Å². The minimum Gasteiger partial charge on any atom is -0.360 e. The molecular weight excluding hydrogens is 388 g/mol. The minimum atomic E-state index is -0.465. The summed E-state index contributed by atoms with van der Waals surface area (Å²) < 4.78 is 2.12. The molecule has 0 spiro atoms. The smallest absolute Gasteiger partial charge is 0.321 e. The molecule has 2 aromatic heterocycles. The van der Waals surface area contributed by atoms with Crippen LogP contribution in [0.15, 0.2) is 35.6 Å². The van der Waals surface area contributed by atoms with E-state index in [1.807, 2.05) is 38.2 Å². The molecule has 8 nitrogen and oxygen atoms in total. The number of benzene rings is 1. The third-order valence-electron chi connectivity index (χ3n) is 4.66. The molecule has 3 aromatic rings. The maximum absolute atomic E-state index is 12.1. The molecule has 0 aliphatic heterocycles. The fourth-order valence-electron chi connectivity index (χ4n) is 3.11. The van der Waals surface area contributed by atoms with Crippen molar-refractivity contribution in [3.63, 3.8) is 0 Å². The molecule has 152 valence electrons. The molecule has 1 saturated carbocycles. The Bertz CT molecular complexity index is 1040. The van der Waals surface area contributed by atoms with Gasteiger partial charge < -0.3 is 10.3 Å². The maximum Gasteiger partial charge on any atom is 0.321 e. The third-order valence-corrected chi connectivity index (χ3v) is 5.61. The maximum atomic E-state index is 12.1. The van der Waals surface area contributed by atoms with Crippen LogP contribution in [-0.4, -0.2) is 44.0 Å². The van der Waals surface area contributed by atoms with Crippen molar-refractivity contribution in [1.82, 2.24) is 30.4 Å². The summed E-state index contributed by atoms with van der Waals surface area (Å²) in [5, 5.41) is 15.6. The number of imide groups is 1. The molecule has 1 aliphatic carbocycles. The van der Waals surface area contributed by atoms with Crippen LogP contribution in [-0.2, 0) is 4.79 Å². The number of amides is 3. The van der Waals surface area contributed by atoms with Crippen LogP contribution in [0.4, 0.5) is 4.79 Å². The van der Waals surface area contributed by atoms with Gasteiger partial charge in [-0.15, -0.1) is 10.2 Å². The van der Waals surface area contributed by atoms with Gasteiger partial charge in [-0.1, -0.05) is 43.8 Å². The van der Waals surface area contributed by atoms with Crippen molar-refractivity contribution in [3.8, 4) is 11.4 Å². The normalized spacial score (nSPS) is 13.8. The van der Waals surface area contributed by atoms with Crippen molar-refractivity contribution in [2.75, 3.05) is 12.3 Å². The summed E-state index contributed by atoms with van der Waals surface area (Å²) in [7, 11) is 0. The fourth-order valence-corrected chi connectivity index (χ4v) is 3.92. The second-order valence-corrected chi connectivity index (χ2v) is 8.54. The Morgan fingerprint density at radius 3 is 2.83 bits per heavy atom. The highest BCUT2D eigenvalue weighted by Crippen LogP contribution is 2.42. The number of aromatic amines is 1. The summed E-state index contributed by atoms with van der Waals surface area (Å²) in [6.07, 6.45) is 4.10. The molecule has 0 bridgehead atoms. The molecule has 2 heterocycles. The van der Waals surface area contributed by atoms with Crippen molar-refractivity contribution >= 4 is 34.6 Å². The lowest BCUT2D eigenvalue weighted by Gasteiger charge is -2.09. The zero-order valence-electron chi connectivity index (χ0n) is 16.4. The number of urea groups is 1. The number of carbonyl (C=O) groups is 2. The lowest BCUT2D eigenvalue weighted by atomic mass is 10.1. The van der Waals surface area contributed by atoms with Crippen molar-refractivity contribution in [2.24, 2.45) is 5.92 Å². The first-order chi connectivity index (χ1) is 14.0. The van der Waals surface area contributed by atoms with Crippen molar-refractivity contribution in [1.29, 1.82) is 0 Å². The van der Waals surface area contributed by atoms with Gasteiger partial charge in [0.2, 0.25) is 5.91 Å². The molecule has 1 fully saturated rings. The van der Waals surface area contributed by atoms with E-state index in [9.17, 15) is 9.59 Å². The van der Waals surface area contributed by atoms with Crippen molar-refractivity contribution in [3.05, 3.63) is 30.5 Å². The molecule has 3 N–H and O–H groups in total. The van der Waals surface area contributed by atoms with E-state index in [2.05, 4.69) is 36.4 Å². The van der Waals surface area contributed by atoms with E-state index >= 15 is 0 Å². The zero-order chi connectivity index (χ0) is 20.4. The number of rotatable bonds is 7. The number of hydrogen-bond donors (Lipinski definition) is 3. The van der Waals surface area contributed by atoms with Gasteiger partial charge in [0.25, 0.3) is 0 Å². The van der Waals surface area contributed by atoms with Gasteiger partial charge in [0.05, 0.1) is 5.75 Å². The summed E-state index contributed by atoms with van der Waals surface area (Å²) in [5.41, 5.74) is 2.05. The second kappa shape index (κ2) is 8.28. The Hall–Kier alpha value is -2.81. The molecule has 1 aliphatic rings. The van der Waals surface area contributed by atoms with Crippen LogP contribution >= 0.6 is 11.8 Å². The number of aromatic nitrogens is 4. The first-order valence-corrected chi connectivity index (χ1v) is 10.7. The van der Waals surface area contributed by atoms with Crippen LogP contribution in [0.3, 0.4) is 0 Å². The van der Waals surface area contributed by atoms with Crippen LogP contribution in [0.5, 0.6) is 0 Å². The lowest BCUT2D eigenvalue weighted by Crippen LogP contribution is -2.41. The Morgan fingerprint density at radius 2 is 2.07 bits per heavy atom. The SMILES string of the molecule is CC(C)CNC(=O)NC(=O)CSc1nnc(-c2c[nH]c3ccccc23)n1C1CC1. The number of para-hydroxylation sites is 1. The Balaban J connectivity index is 1.47. The highest BCUT2D eigenvalue weighted by molar-refractivity contribution is 7.99.